The Bertz CT molecular complexity index is 718. The van der Waals surface area contributed by atoms with E-state index in [0.29, 0.717) is 41.3 Å². The molecule has 0 radical (unpaired) electrons. The standard InChI is InChI=1S/C18H20FNO4/c1-22-15-7-5-14(19)10-12(15)8-9-20-18(21)13-4-6-16(23-2)17(11-13)24-3/h4-7,10-11H,8-9H2,1-3H3,(H,20,21). The molecular formula is C18H20FNO4. The lowest BCUT2D eigenvalue weighted by Gasteiger charge is -2.11. The molecule has 1 N–H and O–H groups in total. The first kappa shape index (κ1) is 17.6. The zero-order valence-corrected chi connectivity index (χ0v) is 13.9. The van der Waals surface area contributed by atoms with Crippen LogP contribution in [-0.4, -0.2) is 33.8 Å². The number of carbonyl (C=O) groups excluding carboxylic acids is 1. The van der Waals surface area contributed by atoms with Crippen molar-refractivity contribution < 1.29 is 23.4 Å². The smallest absolute Gasteiger partial charge is 0.251 e. The Morgan fingerprint density at radius 1 is 0.958 bits per heavy atom. The van der Waals surface area contributed by atoms with Crippen LogP contribution in [0, 0.1) is 5.82 Å². The van der Waals surface area contributed by atoms with Gasteiger partial charge in [0.15, 0.2) is 11.5 Å². The molecule has 5 nitrogen and oxygen atoms in total. The van der Waals surface area contributed by atoms with Crippen LogP contribution in [-0.2, 0) is 6.42 Å². The molecule has 6 heteroatoms. The second-order valence-corrected chi connectivity index (χ2v) is 5.03. The van der Waals surface area contributed by atoms with E-state index in [9.17, 15) is 9.18 Å². The number of halogens is 1. The predicted molar refractivity (Wildman–Crippen MR) is 88.5 cm³/mol. The quantitative estimate of drug-likeness (QED) is 0.846. The van der Waals surface area contributed by atoms with Crippen LogP contribution in [0.4, 0.5) is 4.39 Å². The van der Waals surface area contributed by atoms with Crippen LogP contribution in [0.2, 0.25) is 0 Å². The summed E-state index contributed by atoms with van der Waals surface area (Å²) in [6.07, 6.45) is 0.458. The summed E-state index contributed by atoms with van der Waals surface area (Å²) in [6.45, 7) is 0.354. The van der Waals surface area contributed by atoms with Gasteiger partial charge in [0.1, 0.15) is 11.6 Å². The van der Waals surface area contributed by atoms with Crippen LogP contribution < -0.4 is 19.5 Å². The summed E-state index contributed by atoms with van der Waals surface area (Å²) in [5.74, 6) is 1.05. The minimum absolute atomic E-state index is 0.244. The zero-order chi connectivity index (χ0) is 17.5. The highest BCUT2D eigenvalue weighted by Gasteiger charge is 2.11. The summed E-state index contributed by atoms with van der Waals surface area (Å²) in [5.41, 5.74) is 1.16. The number of ether oxygens (including phenoxy) is 3. The van der Waals surface area contributed by atoms with Crippen LogP contribution in [0.3, 0.4) is 0 Å². The van der Waals surface area contributed by atoms with Crippen molar-refractivity contribution in [2.45, 2.75) is 6.42 Å². The molecule has 0 aliphatic rings. The largest absolute Gasteiger partial charge is 0.496 e. The average molecular weight is 333 g/mol. The van der Waals surface area contributed by atoms with E-state index in [1.807, 2.05) is 0 Å². The summed E-state index contributed by atoms with van der Waals surface area (Å²) in [6, 6.07) is 9.24. The van der Waals surface area contributed by atoms with Crippen molar-refractivity contribution >= 4 is 5.91 Å². The van der Waals surface area contributed by atoms with Gasteiger partial charge in [0.05, 0.1) is 21.3 Å². The zero-order valence-electron chi connectivity index (χ0n) is 13.9. The number of hydrogen-bond donors (Lipinski definition) is 1. The molecule has 0 atom stereocenters. The highest BCUT2D eigenvalue weighted by atomic mass is 19.1. The molecule has 0 aliphatic heterocycles. The van der Waals surface area contributed by atoms with Crippen LogP contribution in [0.1, 0.15) is 15.9 Å². The van der Waals surface area contributed by atoms with Gasteiger partial charge in [0.2, 0.25) is 0 Å². The first-order chi connectivity index (χ1) is 11.6. The Labute approximate surface area is 140 Å². The first-order valence-corrected chi connectivity index (χ1v) is 7.41. The lowest BCUT2D eigenvalue weighted by atomic mass is 10.1. The summed E-state index contributed by atoms with van der Waals surface area (Å²) in [7, 11) is 4.57. The molecular weight excluding hydrogens is 313 g/mol. The van der Waals surface area contributed by atoms with Gasteiger partial charge in [-0.2, -0.15) is 0 Å². The van der Waals surface area contributed by atoms with Crippen molar-refractivity contribution in [1.29, 1.82) is 0 Å². The second-order valence-electron chi connectivity index (χ2n) is 5.03. The summed E-state index contributed by atoms with van der Waals surface area (Å²) < 4.78 is 28.8. The molecule has 24 heavy (non-hydrogen) atoms. The van der Waals surface area contributed by atoms with Gasteiger partial charge < -0.3 is 19.5 Å². The molecule has 0 spiro atoms. The van der Waals surface area contributed by atoms with Gasteiger partial charge in [-0.05, 0) is 48.4 Å². The number of rotatable bonds is 7. The van der Waals surface area contributed by atoms with Gasteiger partial charge >= 0.3 is 0 Å². The second kappa shape index (κ2) is 8.19. The van der Waals surface area contributed by atoms with Crippen molar-refractivity contribution in [3.05, 3.63) is 53.3 Å². The van der Waals surface area contributed by atoms with E-state index >= 15 is 0 Å². The molecule has 0 aliphatic carbocycles. The molecule has 2 aromatic carbocycles. The van der Waals surface area contributed by atoms with Crippen LogP contribution in [0.15, 0.2) is 36.4 Å². The molecule has 128 valence electrons. The number of amides is 1. The fourth-order valence-electron chi connectivity index (χ4n) is 2.33. The van der Waals surface area contributed by atoms with Crippen molar-refractivity contribution in [3.8, 4) is 17.2 Å². The molecule has 1 amide bonds. The highest BCUT2D eigenvalue weighted by Crippen LogP contribution is 2.27. The number of hydrogen-bond acceptors (Lipinski definition) is 4. The predicted octanol–water partition coefficient (Wildman–Crippen LogP) is 2.82. The maximum Gasteiger partial charge on any atom is 0.251 e. The SMILES string of the molecule is COc1ccc(F)cc1CCNC(=O)c1ccc(OC)c(OC)c1. The van der Waals surface area contributed by atoms with E-state index in [1.54, 1.807) is 24.3 Å². The van der Waals surface area contributed by atoms with Crippen molar-refractivity contribution in [2.75, 3.05) is 27.9 Å². The molecule has 0 aromatic heterocycles. The Morgan fingerprint density at radius 2 is 1.62 bits per heavy atom. The van der Waals surface area contributed by atoms with Crippen molar-refractivity contribution in [3.63, 3.8) is 0 Å². The van der Waals surface area contributed by atoms with Gasteiger partial charge in [-0.3, -0.25) is 4.79 Å². The minimum Gasteiger partial charge on any atom is -0.496 e. The molecule has 0 heterocycles. The maximum atomic E-state index is 13.3. The van der Waals surface area contributed by atoms with Gasteiger partial charge in [-0.25, -0.2) is 4.39 Å². The minimum atomic E-state index is -0.336. The van der Waals surface area contributed by atoms with E-state index < -0.39 is 0 Å². The van der Waals surface area contributed by atoms with Crippen molar-refractivity contribution in [2.24, 2.45) is 0 Å². The monoisotopic (exact) mass is 333 g/mol. The third-order valence-electron chi connectivity index (χ3n) is 3.57. The molecule has 2 aromatic rings. The van der Waals surface area contributed by atoms with Crippen molar-refractivity contribution in [1.82, 2.24) is 5.32 Å². The normalized spacial score (nSPS) is 10.2. The topological polar surface area (TPSA) is 56.8 Å². The number of benzene rings is 2. The fourth-order valence-corrected chi connectivity index (χ4v) is 2.33. The van der Waals surface area contributed by atoms with Gasteiger partial charge in [0, 0.05) is 12.1 Å². The lowest BCUT2D eigenvalue weighted by Crippen LogP contribution is -2.25. The third kappa shape index (κ3) is 4.16. The summed E-state index contributed by atoms with van der Waals surface area (Å²) in [4.78, 5) is 12.2. The van der Waals surface area contributed by atoms with Crippen LogP contribution in [0.5, 0.6) is 17.2 Å². The van der Waals surface area contributed by atoms with E-state index in [1.165, 1.54) is 33.5 Å². The Balaban J connectivity index is 2.00. The van der Waals surface area contributed by atoms with Crippen LogP contribution >= 0.6 is 0 Å². The van der Waals surface area contributed by atoms with E-state index in [4.69, 9.17) is 14.2 Å². The Hall–Kier alpha value is -2.76. The Kier molecular flexibility index (Phi) is 6.01. The van der Waals surface area contributed by atoms with Gasteiger partial charge in [-0.1, -0.05) is 0 Å². The van der Waals surface area contributed by atoms with Crippen LogP contribution in [0.25, 0.3) is 0 Å². The van der Waals surface area contributed by atoms with E-state index in [0.717, 1.165) is 0 Å². The number of carbonyl (C=O) groups is 1. The molecule has 0 fully saturated rings. The Morgan fingerprint density at radius 3 is 2.29 bits per heavy atom. The molecule has 2 rings (SSSR count). The highest BCUT2D eigenvalue weighted by molar-refractivity contribution is 5.94. The molecule has 0 unspecified atom stereocenters. The average Bonchev–Trinajstić information content (AvgIpc) is 2.61. The van der Waals surface area contributed by atoms with Gasteiger partial charge in [0.25, 0.3) is 5.91 Å². The summed E-state index contributed by atoms with van der Waals surface area (Å²) in [5, 5.41) is 2.79. The lowest BCUT2D eigenvalue weighted by molar-refractivity contribution is 0.0953. The number of nitrogens with one attached hydrogen (secondary N) is 1. The molecule has 0 saturated carbocycles. The maximum absolute atomic E-state index is 13.3. The van der Waals surface area contributed by atoms with Gasteiger partial charge in [-0.15, -0.1) is 0 Å². The first-order valence-electron chi connectivity index (χ1n) is 7.41. The van der Waals surface area contributed by atoms with E-state index in [-0.39, 0.29) is 11.7 Å². The summed E-state index contributed by atoms with van der Waals surface area (Å²) >= 11 is 0. The third-order valence-corrected chi connectivity index (χ3v) is 3.57. The molecule has 0 saturated heterocycles. The molecule has 0 bridgehead atoms. The van der Waals surface area contributed by atoms with E-state index in [2.05, 4.69) is 5.32 Å². The number of methoxy groups -OCH3 is 3. The fraction of sp³-hybridized carbons (Fsp3) is 0.278.